The van der Waals surface area contributed by atoms with Crippen LogP contribution < -0.4 is 15.9 Å². The number of hydrogen-bond acceptors (Lipinski definition) is 4. The fourth-order valence-electron chi connectivity index (χ4n) is 2.04. The maximum atomic E-state index is 10.6. The lowest BCUT2D eigenvalue weighted by molar-refractivity contribution is -0.109. The van der Waals surface area contributed by atoms with E-state index >= 15 is 0 Å². The van der Waals surface area contributed by atoms with Gasteiger partial charge < -0.3 is 10.5 Å². The Morgan fingerprint density at radius 3 is 2.52 bits per heavy atom. The fraction of sp³-hybridized carbons (Fsp3) is 0.125. The van der Waals surface area contributed by atoms with Gasteiger partial charge in [-0.15, -0.1) is 0 Å². The largest absolute Gasteiger partial charge is 0.497 e. The van der Waals surface area contributed by atoms with Crippen molar-refractivity contribution in [2.24, 2.45) is 5.10 Å². The zero-order valence-corrected chi connectivity index (χ0v) is 12.0. The number of aryl methyl sites for hydroxylation is 1. The molecule has 5 nitrogen and oxygen atoms in total. The fourth-order valence-corrected chi connectivity index (χ4v) is 2.04. The van der Waals surface area contributed by atoms with Gasteiger partial charge in [-0.05, 0) is 42.8 Å². The minimum absolute atomic E-state index is 0.538. The smallest absolute Gasteiger partial charge is 0.227 e. The maximum Gasteiger partial charge on any atom is 0.227 e. The first kappa shape index (κ1) is 14.6. The van der Waals surface area contributed by atoms with Gasteiger partial charge in [0, 0.05) is 16.8 Å². The number of benzene rings is 2. The third-order valence-electron chi connectivity index (χ3n) is 3.10. The molecule has 0 unspecified atom stereocenters. The molecule has 0 saturated heterocycles. The molecule has 0 spiro atoms. The van der Waals surface area contributed by atoms with E-state index in [0.717, 1.165) is 22.4 Å². The van der Waals surface area contributed by atoms with E-state index in [4.69, 9.17) is 10.5 Å². The summed E-state index contributed by atoms with van der Waals surface area (Å²) in [5.74, 6) is 0.774. The van der Waals surface area contributed by atoms with Crippen molar-refractivity contribution in [3.63, 3.8) is 0 Å². The molecule has 5 heteroatoms. The predicted molar refractivity (Wildman–Crippen MR) is 83.4 cm³/mol. The zero-order valence-electron chi connectivity index (χ0n) is 12.0. The van der Waals surface area contributed by atoms with Gasteiger partial charge in [0.1, 0.15) is 5.75 Å². The lowest BCUT2D eigenvalue weighted by Crippen LogP contribution is -2.12. The number of nitrogen functional groups attached to an aromatic ring is 1. The molecular weight excluding hydrogens is 266 g/mol. The predicted octanol–water partition coefficient (Wildman–Crippen LogP) is 2.08. The van der Waals surface area contributed by atoms with Crippen LogP contribution in [0.4, 0.5) is 5.69 Å². The molecule has 0 atom stereocenters. The Labute approximate surface area is 123 Å². The lowest BCUT2D eigenvalue weighted by atomic mass is 9.98. The number of nitrogens with one attached hydrogen (secondary N) is 1. The molecule has 0 heterocycles. The van der Waals surface area contributed by atoms with Crippen LogP contribution in [0.5, 0.6) is 5.75 Å². The van der Waals surface area contributed by atoms with E-state index in [0.29, 0.717) is 17.8 Å². The van der Waals surface area contributed by atoms with Gasteiger partial charge in [-0.25, -0.2) is 5.43 Å². The Morgan fingerprint density at radius 1 is 1.24 bits per heavy atom. The first-order valence-electron chi connectivity index (χ1n) is 6.43. The van der Waals surface area contributed by atoms with Crippen LogP contribution in [0.2, 0.25) is 0 Å². The van der Waals surface area contributed by atoms with Crippen LogP contribution in [-0.2, 0) is 4.79 Å². The second-order valence-corrected chi connectivity index (χ2v) is 4.51. The molecule has 0 aliphatic heterocycles. The molecule has 0 radical (unpaired) electrons. The Kier molecular flexibility index (Phi) is 4.56. The Balaban J connectivity index is 2.50. The molecule has 0 bridgehead atoms. The Hall–Kier alpha value is -2.82. The van der Waals surface area contributed by atoms with Crippen molar-refractivity contribution in [3.8, 4) is 5.75 Å². The molecule has 0 fully saturated rings. The van der Waals surface area contributed by atoms with E-state index < -0.39 is 0 Å². The summed E-state index contributed by atoms with van der Waals surface area (Å²) in [6.07, 6.45) is 0.538. The molecule has 1 amide bonds. The minimum atomic E-state index is 0.538. The standard InChI is InChI=1S/C16H17N3O2/c1-11-9-14(21-2)7-8-15(11)16(19-18-10-20)12-3-5-13(17)6-4-12/h3-10H,17H2,1-2H3,(H,18,20)/b19-16-. The van der Waals surface area contributed by atoms with Crippen molar-refractivity contribution in [2.75, 3.05) is 12.8 Å². The summed E-state index contributed by atoms with van der Waals surface area (Å²) in [5.41, 5.74) is 12.2. The highest BCUT2D eigenvalue weighted by molar-refractivity contribution is 6.14. The topological polar surface area (TPSA) is 76.7 Å². The van der Waals surface area contributed by atoms with Crippen molar-refractivity contribution in [2.45, 2.75) is 6.92 Å². The van der Waals surface area contributed by atoms with Crippen LogP contribution in [0.15, 0.2) is 47.6 Å². The molecule has 0 aliphatic rings. The molecule has 0 saturated carbocycles. The van der Waals surface area contributed by atoms with E-state index in [-0.39, 0.29) is 0 Å². The summed E-state index contributed by atoms with van der Waals surface area (Å²) in [4.78, 5) is 10.6. The van der Waals surface area contributed by atoms with E-state index in [2.05, 4.69) is 10.5 Å². The minimum Gasteiger partial charge on any atom is -0.497 e. The number of carbonyl (C=O) groups excluding carboxylic acids is 1. The number of rotatable bonds is 5. The van der Waals surface area contributed by atoms with Crippen molar-refractivity contribution in [3.05, 3.63) is 59.2 Å². The number of methoxy groups -OCH3 is 1. The summed E-state index contributed by atoms with van der Waals surface area (Å²) in [6.45, 7) is 1.96. The lowest BCUT2D eigenvalue weighted by Gasteiger charge is -2.11. The van der Waals surface area contributed by atoms with Crippen molar-refractivity contribution in [1.29, 1.82) is 0 Å². The van der Waals surface area contributed by atoms with Crippen LogP contribution in [0.25, 0.3) is 0 Å². The van der Waals surface area contributed by atoms with Crippen LogP contribution in [0.1, 0.15) is 16.7 Å². The van der Waals surface area contributed by atoms with E-state index in [1.165, 1.54) is 0 Å². The van der Waals surface area contributed by atoms with Gasteiger partial charge in [-0.3, -0.25) is 4.79 Å². The Bertz CT molecular complexity index is 664. The molecule has 0 aromatic heterocycles. The highest BCUT2D eigenvalue weighted by atomic mass is 16.5. The number of anilines is 1. The molecule has 0 aliphatic carbocycles. The van der Waals surface area contributed by atoms with Gasteiger partial charge in [0.2, 0.25) is 6.41 Å². The van der Waals surface area contributed by atoms with Crippen LogP contribution >= 0.6 is 0 Å². The summed E-state index contributed by atoms with van der Waals surface area (Å²) in [7, 11) is 1.62. The van der Waals surface area contributed by atoms with Crippen LogP contribution in [0, 0.1) is 6.92 Å². The van der Waals surface area contributed by atoms with Gasteiger partial charge in [0.15, 0.2) is 0 Å². The maximum absolute atomic E-state index is 10.6. The number of ether oxygens (including phenoxy) is 1. The molecule has 3 N–H and O–H groups in total. The molecule has 21 heavy (non-hydrogen) atoms. The second kappa shape index (κ2) is 6.56. The SMILES string of the molecule is COc1ccc(/C(=N\NC=O)c2ccc(N)cc2)c(C)c1. The van der Waals surface area contributed by atoms with Gasteiger partial charge in [-0.1, -0.05) is 12.1 Å². The third-order valence-corrected chi connectivity index (χ3v) is 3.10. The molecular formula is C16H17N3O2. The summed E-state index contributed by atoms with van der Waals surface area (Å²) < 4.78 is 5.20. The van der Waals surface area contributed by atoms with E-state index in [1.807, 2.05) is 37.3 Å². The summed E-state index contributed by atoms with van der Waals surface area (Å²) >= 11 is 0. The van der Waals surface area contributed by atoms with Crippen molar-refractivity contribution < 1.29 is 9.53 Å². The average molecular weight is 283 g/mol. The molecule has 2 rings (SSSR count). The first-order valence-corrected chi connectivity index (χ1v) is 6.43. The normalized spacial score (nSPS) is 11.0. The molecule has 2 aromatic rings. The quantitative estimate of drug-likeness (QED) is 0.382. The van der Waals surface area contributed by atoms with Gasteiger partial charge in [0.25, 0.3) is 0 Å². The second-order valence-electron chi connectivity index (χ2n) is 4.51. The number of nitrogens with two attached hydrogens (primary N) is 1. The number of hydrazone groups is 1. The van der Waals surface area contributed by atoms with Crippen LogP contribution in [-0.4, -0.2) is 19.2 Å². The summed E-state index contributed by atoms with van der Waals surface area (Å²) in [5, 5.41) is 4.15. The number of hydrogen-bond donors (Lipinski definition) is 2. The van der Waals surface area contributed by atoms with Crippen molar-refractivity contribution >= 4 is 17.8 Å². The highest BCUT2D eigenvalue weighted by Gasteiger charge is 2.11. The number of amides is 1. The number of carbonyl (C=O) groups is 1. The Morgan fingerprint density at radius 2 is 1.95 bits per heavy atom. The average Bonchev–Trinajstić information content (AvgIpc) is 2.50. The van der Waals surface area contributed by atoms with Gasteiger partial charge in [-0.2, -0.15) is 5.10 Å². The monoisotopic (exact) mass is 283 g/mol. The van der Waals surface area contributed by atoms with Gasteiger partial charge >= 0.3 is 0 Å². The first-order chi connectivity index (χ1) is 10.2. The van der Waals surface area contributed by atoms with Crippen LogP contribution in [0.3, 0.4) is 0 Å². The highest BCUT2D eigenvalue weighted by Crippen LogP contribution is 2.21. The van der Waals surface area contributed by atoms with E-state index in [1.54, 1.807) is 19.2 Å². The summed E-state index contributed by atoms with van der Waals surface area (Å²) in [6, 6.07) is 13.0. The molecule has 2 aromatic carbocycles. The number of nitrogens with zero attached hydrogens (tertiary/aromatic N) is 1. The van der Waals surface area contributed by atoms with Gasteiger partial charge in [0.05, 0.1) is 12.8 Å². The third kappa shape index (κ3) is 3.39. The van der Waals surface area contributed by atoms with E-state index in [9.17, 15) is 4.79 Å². The zero-order chi connectivity index (χ0) is 15.2. The molecule has 108 valence electrons. The van der Waals surface area contributed by atoms with Crippen molar-refractivity contribution in [1.82, 2.24) is 5.43 Å².